The molecule has 0 atom stereocenters. The van der Waals surface area contributed by atoms with Gasteiger partial charge in [-0.15, -0.1) is 11.8 Å². The lowest BCUT2D eigenvalue weighted by molar-refractivity contribution is -0.146. The van der Waals surface area contributed by atoms with Gasteiger partial charge in [-0.3, -0.25) is 9.59 Å². The summed E-state index contributed by atoms with van der Waals surface area (Å²) in [6.07, 6.45) is 3.53. The van der Waals surface area contributed by atoms with Crippen molar-refractivity contribution in [2.24, 2.45) is 5.10 Å². The summed E-state index contributed by atoms with van der Waals surface area (Å²) in [6, 6.07) is 15.5. The number of ether oxygens (including phenoxy) is 1. The molecule has 1 heterocycles. The van der Waals surface area contributed by atoms with Crippen molar-refractivity contribution in [3.63, 3.8) is 0 Å². The van der Waals surface area contributed by atoms with Crippen molar-refractivity contribution in [3.8, 4) is 5.75 Å². The Balaban J connectivity index is 1.50. The van der Waals surface area contributed by atoms with E-state index >= 15 is 0 Å². The summed E-state index contributed by atoms with van der Waals surface area (Å²) < 4.78 is 5.40. The summed E-state index contributed by atoms with van der Waals surface area (Å²) in [5.74, 6) is -0.503. The summed E-state index contributed by atoms with van der Waals surface area (Å²) in [5.41, 5.74) is 4.16. The number of carbonyl (C=O) groups is 2. The van der Waals surface area contributed by atoms with Crippen LogP contribution >= 0.6 is 11.8 Å². The molecule has 8 heteroatoms. The van der Waals surface area contributed by atoms with Crippen LogP contribution in [0.3, 0.4) is 0 Å². The monoisotopic (exact) mass is 412 g/mol. The van der Waals surface area contributed by atoms with Gasteiger partial charge in [-0.2, -0.15) is 5.10 Å². The Labute approximate surface area is 174 Å². The molecule has 2 aromatic rings. The predicted octanol–water partition coefficient (Wildman–Crippen LogP) is 2.22. The van der Waals surface area contributed by atoms with Gasteiger partial charge >= 0.3 is 11.8 Å². The Morgan fingerprint density at radius 1 is 1.07 bits per heavy atom. The Morgan fingerprint density at radius 2 is 1.76 bits per heavy atom. The van der Waals surface area contributed by atoms with E-state index in [0.717, 1.165) is 21.9 Å². The Bertz CT molecular complexity index is 878. The smallest absolute Gasteiger partial charge is 0.329 e. The van der Waals surface area contributed by atoms with E-state index in [4.69, 9.17) is 4.74 Å². The topological polar surface area (TPSA) is 74.2 Å². The molecule has 1 fully saturated rings. The Kier molecular flexibility index (Phi) is 7.13. The van der Waals surface area contributed by atoms with Crippen LogP contribution in [0, 0.1) is 0 Å². The number of para-hydroxylation sites is 2. The highest BCUT2D eigenvalue weighted by atomic mass is 32.2. The van der Waals surface area contributed by atoms with Gasteiger partial charge in [0.2, 0.25) is 0 Å². The first-order valence-corrected chi connectivity index (χ1v) is 10.5. The zero-order valence-corrected chi connectivity index (χ0v) is 17.3. The normalized spacial score (nSPS) is 14.1. The van der Waals surface area contributed by atoms with Crippen molar-refractivity contribution in [2.75, 3.05) is 44.4 Å². The van der Waals surface area contributed by atoms with Crippen LogP contribution in [-0.4, -0.2) is 62.5 Å². The average Bonchev–Trinajstić information content (AvgIpc) is 2.79. The number of benzene rings is 2. The van der Waals surface area contributed by atoms with Crippen LogP contribution < -0.4 is 15.1 Å². The molecule has 1 saturated heterocycles. The second-order valence-corrected chi connectivity index (χ2v) is 7.30. The minimum Gasteiger partial charge on any atom is -0.495 e. The van der Waals surface area contributed by atoms with Gasteiger partial charge in [0.1, 0.15) is 5.75 Å². The van der Waals surface area contributed by atoms with E-state index < -0.39 is 11.8 Å². The van der Waals surface area contributed by atoms with Crippen molar-refractivity contribution < 1.29 is 14.3 Å². The lowest BCUT2D eigenvalue weighted by Crippen LogP contribution is -2.52. The van der Waals surface area contributed by atoms with Gasteiger partial charge in [0.15, 0.2) is 0 Å². The van der Waals surface area contributed by atoms with Gasteiger partial charge < -0.3 is 14.5 Å². The number of hydrogen-bond acceptors (Lipinski definition) is 6. The summed E-state index contributed by atoms with van der Waals surface area (Å²) in [5, 5.41) is 3.89. The summed E-state index contributed by atoms with van der Waals surface area (Å²) in [7, 11) is 1.64. The number of nitrogens with zero attached hydrogens (tertiary/aromatic N) is 3. The molecule has 0 aliphatic carbocycles. The van der Waals surface area contributed by atoms with E-state index in [2.05, 4.69) is 15.4 Å². The maximum atomic E-state index is 12.4. The maximum absolute atomic E-state index is 12.4. The molecule has 0 saturated carbocycles. The fourth-order valence-corrected chi connectivity index (χ4v) is 3.50. The highest BCUT2D eigenvalue weighted by molar-refractivity contribution is 7.98. The van der Waals surface area contributed by atoms with Crippen LogP contribution in [-0.2, 0) is 9.59 Å². The Morgan fingerprint density at radius 3 is 2.41 bits per heavy atom. The molecular weight excluding hydrogens is 388 g/mol. The number of anilines is 1. The highest BCUT2D eigenvalue weighted by Crippen LogP contribution is 2.28. The van der Waals surface area contributed by atoms with Crippen LogP contribution in [0.5, 0.6) is 5.75 Å². The van der Waals surface area contributed by atoms with Crippen LogP contribution in [0.2, 0.25) is 0 Å². The lowest BCUT2D eigenvalue weighted by Gasteiger charge is -2.36. The van der Waals surface area contributed by atoms with Crippen molar-refractivity contribution in [2.45, 2.75) is 4.90 Å². The van der Waals surface area contributed by atoms with Gasteiger partial charge in [-0.1, -0.05) is 24.3 Å². The average molecular weight is 413 g/mol. The van der Waals surface area contributed by atoms with Crippen LogP contribution in [0.15, 0.2) is 58.5 Å². The van der Waals surface area contributed by atoms with Gasteiger partial charge in [0.25, 0.3) is 0 Å². The number of nitrogens with one attached hydrogen (secondary N) is 1. The van der Waals surface area contributed by atoms with Crippen molar-refractivity contribution in [3.05, 3.63) is 54.1 Å². The molecule has 152 valence electrons. The lowest BCUT2D eigenvalue weighted by atomic mass is 10.2. The Hall–Kier alpha value is -3.00. The molecule has 3 rings (SSSR count). The van der Waals surface area contributed by atoms with Crippen molar-refractivity contribution in [1.82, 2.24) is 10.3 Å². The van der Waals surface area contributed by atoms with E-state index in [1.165, 1.54) is 6.21 Å². The zero-order valence-electron chi connectivity index (χ0n) is 16.5. The second-order valence-electron chi connectivity index (χ2n) is 6.42. The van der Waals surface area contributed by atoms with E-state index in [0.29, 0.717) is 26.2 Å². The minimum atomic E-state index is -0.729. The number of thioether (sulfide) groups is 1. The third-order valence-corrected chi connectivity index (χ3v) is 5.43. The van der Waals surface area contributed by atoms with Gasteiger partial charge in [0, 0.05) is 31.1 Å². The van der Waals surface area contributed by atoms with Crippen molar-refractivity contribution in [1.29, 1.82) is 0 Å². The number of piperazine rings is 1. The molecule has 0 radical (unpaired) electrons. The number of carbonyl (C=O) groups excluding carboxylic acids is 2. The first kappa shape index (κ1) is 20.7. The first-order chi connectivity index (χ1) is 14.1. The number of hydrazone groups is 1. The number of methoxy groups -OCH3 is 1. The third-order valence-electron chi connectivity index (χ3n) is 4.68. The third kappa shape index (κ3) is 5.29. The fraction of sp³-hybridized carbons (Fsp3) is 0.286. The van der Waals surface area contributed by atoms with Crippen LogP contribution in [0.25, 0.3) is 0 Å². The number of rotatable bonds is 5. The van der Waals surface area contributed by atoms with Gasteiger partial charge in [-0.05, 0) is 36.1 Å². The van der Waals surface area contributed by atoms with Crippen LogP contribution in [0.1, 0.15) is 5.56 Å². The maximum Gasteiger partial charge on any atom is 0.329 e. The van der Waals surface area contributed by atoms with Crippen molar-refractivity contribution >= 4 is 35.5 Å². The summed E-state index contributed by atoms with van der Waals surface area (Å²) in [4.78, 5) is 29.4. The SMILES string of the molecule is COc1ccccc1N1CCN(C(=O)C(=O)N/N=C\c2ccc(SC)cc2)CC1. The number of amides is 2. The molecule has 29 heavy (non-hydrogen) atoms. The first-order valence-electron chi connectivity index (χ1n) is 9.26. The molecule has 0 aromatic heterocycles. The van der Waals surface area contributed by atoms with E-state index in [9.17, 15) is 9.59 Å². The summed E-state index contributed by atoms with van der Waals surface area (Å²) >= 11 is 1.65. The molecule has 1 aliphatic heterocycles. The van der Waals surface area contributed by atoms with Gasteiger partial charge in [-0.25, -0.2) is 5.43 Å². The zero-order chi connectivity index (χ0) is 20.6. The van der Waals surface area contributed by atoms with E-state index in [1.807, 2.05) is 54.8 Å². The molecule has 2 aromatic carbocycles. The molecular formula is C21H24N4O3S. The van der Waals surface area contributed by atoms with E-state index in [-0.39, 0.29) is 0 Å². The minimum absolute atomic E-state index is 0.462. The molecule has 7 nitrogen and oxygen atoms in total. The largest absolute Gasteiger partial charge is 0.495 e. The molecule has 0 spiro atoms. The molecule has 0 bridgehead atoms. The molecule has 0 unspecified atom stereocenters. The fourth-order valence-electron chi connectivity index (χ4n) is 3.09. The quantitative estimate of drug-likeness (QED) is 0.353. The number of hydrogen-bond donors (Lipinski definition) is 1. The van der Waals surface area contributed by atoms with Gasteiger partial charge in [0.05, 0.1) is 19.0 Å². The molecule has 1 aliphatic rings. The summed E-state index contributed by atoms with van der Waals surface area (Å²) in [6.45, 7) is 2.18. The van der Waals surface area contributed by atoms with Crippen LogP contribution in [0.4, 0.5) is 5.69 Å². The molecule has 2 amide bonds. The second kappa shape index (κ2) is 9.97. The standard InChI is InChI=1S/C21H24N4O3S/c1-28-19-6-4-3-5-18(19)24-11-13-25(14-12-24)21(27)20(26)23-22-15-16-7-9-17(29-2)10-8-16/h3-10,15H,11-14H2,1-2H3,(H,23,26)/b22-15-. The predicted molar refractivity (Wildman–Crippen MR) is 116 cm³/mol. The molecule has 1 N–H and O–H groups in total. The highest BCUT2D eigenvalue weighted by Gasteiger charge is 2.26. The van der Waals surface area contributed by atoms with E-state index in [1.54, 1.807) is 23.8 Å².